The minimum Gasteiger partial charge on any atom is -0.496 e. The highest BCUT2D eigenvalue weighted by Gasteiger charge is 2.16. The van der Waals surface area contributed by atoms with Gasteiger partial charge >= 0.3 is 0 Å². The van der Waals surface area contributed by atoms with E-state index in [2.05, 4.69) is 26.8 Å². The number of hydrogen-bond acceptors (Lipinski definition) is 4. The first kappa shape index (κ1) is 19.8. The van der Waals surface area contributed by atoms with Crippen LogP contribution in [0.25, 0.3) is 0 Å². The third kappa shape index (κ3) is 5.77. The van der Waals surface area contributed by atoms with Gasteiger partial charge in [-0.15, -0.1) is 0 Å². The van der Waals surface area contributed by atoms with Gasteiger partial charge in [-0.1, -0.05) is 34.1 Å². The fourth-order valence-electron chi connectivity index (χ4n) is 2.23. The van der Waals surface area contributed by atoms with Crippen LogP contribution in [0.4, 0.5) is 0 Å². The first-order chi connectivity index (χ1) is 12.4. The van der Waals surface area contributed by atoms with Gasteiger partial charge in [0, 0.05) is 4.47 Å². The van der Waals surface area contributed by atoms with Crippen molar-refractivity contribution < 1.29 is 19.1 Å². The first-order valence-corrected chi connectivity index (χ1v) is 8.82. The van der Waals surface area contributed by atoms with E-state index in [-0.39, 0.29) is 12.3 Å². The molecule has 2 N–H and O–H groups in total. The molecule has 2 aromatic rings. The number of carbonyl (C=O) groups excluding carboxylic acids is 2. The van der Waals surface area contributed by atoms with Gasteiger partial charge in [-0.2, -0.15) is 0 Å². The van der Waals surface area contributed by atoms with Crippen LogP contribution in [-0.2, 0) is 16.0 Å². The molecule has 0 bridgehead atoms. The largest absolute Gasteiger partial charge is 0.496 e. The zero-order valence-electron chi connectivity index (χ0n) is 14.8. The van der Waals surface area contributed by atoms with Gasteiger partial charge in [0.1, 0.15) is 11.5 Å². The highest BCUT2D eigenvalue weighted by molar-refractivity contribution is 9.10. The Kier molecular flexibility index (Phi) is 7.03. The Morgan fingerprint density at radius 2 is 1.92 bits per heavy atom. The molecule has 6 nitrogen and oxygen atoms in total. The maximum atomic E-state index is 12.1. The molecule has 2 rings (SSSR count). The molecule has 0 aliphatic rings. The number of nitrogens with one attached hydrogen (secondary N) is 2. The molecular formula is C19H21BrN2O4. The molecule has 0 aliphatic carbocycles. The van der Waals surface area contributed by atoms with Crippen LogP contribution in [0.3, 0.4) is 0 Å². The number of hydrazine groups is 1. The molecule has 0 fully saturated rings. The van der Waals surface area contributed by atoms with Gasteiger partial charge in [0.2, 0.25) is 5.91 Å². The van der Waals surface area contributed by atoms with Crippen molar-refractivity contribution in [2.45, 2.75) is 26.4 Å². The third-order valence-corrected chi connectivity index (χ3v) is 4.13. The minimum absolute atomic E-state index is 0.123. The van der Waals surface area contributed by atoms with Crippen molar-refractivity contribution in [3.63, 3.8) is 0 Å². The molecule has 0 heterocycles. The lowest BCUT2D eigenvalue weighted by Gasteiger charge is -2.15. The standard InChI is InChI=1S/C19H21BrN2O4/c1-12-7-8-14(9-17(12)25-3)10-18(23)21-22-19(24)13(2)26-16-6-4-5-15(20)11-16/h4-9,11,13H,10H2,1-3H3,(H,21,23)(H,22,24)/t13-/m0/s1. The Hall–Kier alpha value is -2.54. The average molecular weight is 421 g/mol. The molecule has 7 heteroatoms. The fraction of sp³-hybridized carbons (Fsp3) is 0.263. The predicted molar refractivity (Wildman–Crippen MR) is 102 cm³/mol. The molecule has 0 saturated carbocycles. The van der Waals surface area contributed by atoms with E-state index >= 15 is 0 Å². The Balaban J connectivity index is 1.83. The summed E-state index contributed by atoms with van der Waals surface area (Å²) in [6.45, 7) is 3.53. The minimum atomic E-state index is -0.760. The number of halogens is 1. The average Bonchev–Trinajstić information content (AvgIpc) is 2.61. The van der Waals surface area contributed by atoms with Crippen LogP contribution in [0.5, 0.6) is 11.5 Å². The number of carbonyl (C=O) groups is 2. The molecule has 2 amide bonds. The lowest BCUT2D eigenvalue weighted by atomic mass is 10.1. The number of ether oxygens (including phenoxy) is 2. The van der Waals surface area contributed by atoms with Crippen LogP contribution in [-0.4, -0.2) is 25.0 Å². The summed E-state index contributed by atoms with van der Waals surface area (Å²) in [7, 11) is 1.58. The molecule has 138 valence electrons. The monoisotopic (exact) mass is 420 g/mol. The van der Waals surface area contributed by atoms with Gasteiger partial charge in [-0.05, 0) is 49.2 Å². The van der Waals surface area contributed by atoms with Gasteiger partial charge in [0.05, 0.1) is 13.5 Å². The van der Waals surface area contributed by atoms with Gasteiger partial charge in [-0.3, -0.25) is 20.4 Å². The van der Waals surface area contributed by atoms with Crippen molar-refractivity contribution in [3.8, 4) is 11.5 Å². The van der Waals surface area contributed by atoms with Crippen LogP contribution in [0.15, 0.2) is 46.9 Å². The van der Waals surface area contributed by atoms with E-state index in [1.165, 1.54) is 0 Å². The smallest absolute Gasteiger partial charge is 0.279 e. The molecule has 2 aromatic carbocycles. The zero-order valence-corrected chi connectivity index (χ0v) is 16.4. The summed E-state index contributed by atoms with van der Waals surface area (Å²) in [6, 6.07) is 12.7. The predicted octanol–water partition coefficient (Wildman–Crippen LogP) is 2.92. The van der Waals surface area contributed by atoms with E-state index in [0.717, 1.165) is 21.3 Å². The number of hydrogen-bond donors (Lipinski definition) is 2. The molecule has 0 aromatic heterocycles. The van der Waals surface area contributed by atoms with Crippen LogP contribution in [0, 0.1) is 6.92 Å². The Morgan fingerprint density at radius 3 is 2.62 bits per heavy atom. The second-order valence-electron chi connectivity index (χ2n) is 5.74. The van der Waals surface area contributed by atoms with Crippen molar-refractivity contribution in [2.24, 2.45) is 0 Å². The van der Waals surface area contributed by atoms with E-state index in [0.29, 0.717) is 5.75 Å². The highest BCUT2D eigenvalue weighted by Crippen LogP contribution is 2.20. The number of benzene rings is 2. The fourth-order valence-corrected chi connectivity index (χ4v) is 2.61. The van der Waals surface area contributed by atoms with Gasteiger partial charge in [-0.25, -0.2) is 0 Å². The van der Waals surface area contributed by atoms with Gasteiger partial charge in [0.15, 0.2) is 6.10 Å². The van der Waals surface area contributed by atoms with Crippen molar-refractivity contribution in [3.05, 3.63) is 58.1 Å². The van der Waals surface area contributed by atoms with Gasteiger partial charge < -0.3 is 9.47 Å². The third-order valence-electron chi connectivity index (χ3n) is 3.64. The van der Waals surface area contributed by atoms with E-state index in [9.17, 15) is 9.59 Å². The summed E-state index contributed by atoms with van der Waals surface area (Å²) in [5, 5.41) is 0. The molecule has 0 unspecified atom stereocenters. The lowest BCUT2D eigenvalue weighted by Crippen LogP contribution is -2.47. The number of amides is 2. The Morgan fingerprint density at radius 1 is 1.15 bits per heavy atom. The van der Waals surface area contributed by atoms with Crippen LogP contribution in [0.2, 0.25) is 0 Å². The Bertz CT molecular complexity index is 795. The van der Waals surface area contributed by atoms with E-state index < -0.39 is 12.0 Å². The summed E-state index contributed by atoms with van der Waals surface area (Å²) >= 11 is 3.34. The normalized spacial score (nSPS) is 11.4. The Labute approximate surface area is 161 Å². The summed E-state index contributed by atoms with van der Waals surface area (Å²) in [6.07, 6.45) is -0.637. The second kappa shape index (κ2) is 9.24. The van der Waals surface area contributed by atoms with E-state index in [1.807, 2.05) is 31.2 Å². The quantitative estimate of drug-likeness (QED) is 0.704. The summed E-state index contributed by atoms with van der Waals surface area (Å²) in [5.41, 5.74) is 6.54. The first-order valence-electron chi connectivity index (χ1n) is 8.03. The maximum absolute atomic E-state index is 12.1. The molecule has 0 spiro atoms. The molecule has 0 aliphatic heterocycles. The summed E-state index contributed by atoms with van der Waals surface area (Å²) in [4.78, 5) is 24.1. The molecular weight excluding hydrogens is 400 g/mol. The lowest BCUT2D eigenvalue weighted by molar-refractivity contribution is -0.132. The molecule has 0 radical (unpaired) electrons. The van der Waals surface area contributed by atoms with Crippen LogP contribution < -0.4 is 20.3 Å². The highest BCUT2D eigenvalue weighted by atomic mass is 79.9. The number of rotatable bonds is 6. The van der Waals surface area contributed by atoms with Gasteiger partial charge in [0.25, 0.3) is 5.91 Å². The van der Waals surface area contributed by atoms with Crippen molar-refractivity contribution in [1.29, 1.82) is 0 Å². The number of aryl methyl sites for hydroxylation is 1. The topological polar surface area (TPSA) is 76.7 Å². The zero-order chi connectivity index (χ0) is 19.1. The van der Waals surface area contributed by atoms with E-state index in [1.54, 1.807) is 32.2 Å². The van der Waals surface area contributed by atoms with Crippen molar-refractivity contribution in [2.75, 3.05) is 7.11 Å². The summed E-state index contributed by atoms with van der Waals surface area (Å²) in [5.74, 6) is 0.495. The molecule has 26 heavy (non-hydrogen) atoms. The van der Waals surface area contributed by atoms with Crippen LogP contribution in [0.1, 0.15) is 18.1 Å². The van der Waals surface area contributed by atoms with Crippen LogP contribution >= 0.6 is 15.9 Å². The summed E-state index contributed by atoms with van der Waals surface area (Å²) < 4.78 is 11.6. The SMILES string of the molecule is COc1cc(CC(=O)NNC(=O)[C@H](C)Oc2cccc(Br)c2)ccc1C. The van der Waals surface area contributed by atoms with E-state index in [4.69, 9.17) is 9.47 Å². The molecule has 1 atom stereocenters. The van der Waals surface area contributed by atoms with Crippen molar-refractivity contribution in [1.82, 2.24) is 10.9 Å². The molecule has 0 saturated heterocycles. The number of methoxy groups -OCH3 is 1. The second-order valence-corrected chi connectivity index (χ2v) is 6.65. The van der Waals surface area contributed by atoms with Crippen molar-refractivity contribution >= 4 is 27.7 Å². The maximum Gasteiger partial charge on any atom is 0.279 e.